The molecule has 0 aromatic heterocycles. The molecule has 0 aliphatic carbocycles. The van der Waals surface area contributed by atoms with Gasteiger partial charge in [0.15, 0.2) is 0 Å². The number of benzene rings is 2. The molecule has 1 amide bonds. The van der Waals surface area contributed by atoms with Crippen molar-refractivity contribution >= 4 is 5.91 Å². The number of aliphatic hydroxyl groups is 1. The zero-order chi connectivity index (χ0) is 14.3. The Hall–Kier alpha value is -2.24. The highest BCUT2D eigenvalue weighted by Crippen LogP contribution is 2.42. The fourth-order valence-electron chi connectivity index (χ4n) is 2.52. The first kappa shape index (κ1) is 12.8. The Morgan fingerprint density at radius 3 is 2.55 bits per heavy atom. The van der Waals surface area contributed by atoms with Gasteiger partial charge in [-0.25, -0.2) is 4.39 Å². The number of halogens is 1. The monoisotopic (exact) mass is 273 g/mol. The van der Waals surface area contributed by atoms with Gasteiger partial charge in [0.25, 0.3) is 5.91 Å². The standard InChI is InChI=1S/C15H12FNO3/c1-20-17-14(18)12-8-7-11(16)9-13(12)15(17,19)10-5-3-2-4-6-10/h2-9,19H,1H3. The van der Waals surface area contributed by atoms with E-state index < -0.39 is 17.4 Å². The molecule has 0 saturated heterocycles. The van der Waals surface area contributed by atoms with Gasteiger partial charge in [-0.3, -0.25) is 9.63 Å². The summed E-state index contributed by atoms with van der Waals surface area (Å²) in [5, 5.41) is 11.8. The van der Waals surface area contributed by atoms with Gasteiger partial charge in [-0.2, -0.15) is 5.06 Å². The lowest BCUT2D eigenvalue weighted by atomic mass is 9.94. The molecule has 5 heteroatoms. The summed E-state index contributed by atoms with van der Waals surface area (Å²) >= 11 is 0. The van der Waals surface area contributed by atoms with Crippen LogP contribution in [0.2, 0.25) is 0 Å². The number of fused-ring (bicyclic) bond motifs is 1. The van der Waals surface area contributed by atoms with Crippen LogP contribution in [0, 0.1) is 5.82 Å². The quantitative estimate of drug-likeness (QED) is 0.911. The Labute approximate surface area is 115 Å². The number of carbonyl (C=O) groups excluding carboxylic acids is 1. The lowest BCUT2D eigenvalue weighted by Gasteiger charge is -2.32. The fraction of sp³-hybridized carbons (Fsp3) is 0.133. The first-order chi connectivity index (χ1) is 9.59. The van der Waals surface area contributed by atoms with Crippen molar-refractivity contribution in [2.75, 3.05) is 7.11 Å². The van der Waals surface area contributed by atoms with Crippen molar-refractivity contribution in [2.24, 2.45) is 0 Å². The van der Waals surface area contributed by atoms with E-state index in [0.717, 1.165) is 11.1 Å². The van der Waals surface area contributed by atoms with Gasteiger partial charge in [-0.15, -0.1) is 0 Å². The highest BCUT2D eigenvalue weighted by molar-refractivity contribution is 5.99. The number of hydrogen-bond donors (Lipinski definition) is 1. The van der Waals surface area contributed by atoms with Gasteiger partial charge in [-0.1, -0.05) is 30.3 Å². The maximum Gasteiger partial charge on any atom is 0.281 e. The van der Waals surface area contributed by atoms with E-state index in [2.05, 4.69) is 0 Å². The fourth-order valence-corrected chi connectivity index (χ4v) is 2.52. The minimum absolute atomic E-state index is 0.176. The normalized spacial score (nSPS) is 21.1. The van der Waals surface area contributed by atoms with Gasteiger partial charge in [0, 0.05) is 11.1 Å². The minimum atomic E-state index is -1.83. The van der Waals surface area contributed by atoms with E-state index in [1.807, 2.05) is 0 Å². The smallest absolute Gasteiger partial charge is 0.281 e. The van der Waals surface area contributed by atoms with Gasteiger partial charge in [-0.05, 0) is 18.2 Å². The lowest BCUT2D eigenvalue weighted by Crippen LogP contribution is -2.43. The summed E-state index contributed by atoms with van der Waals surface area (Å²) < 4.78 is 13.5. The predicted octanol–water partition coefficient (Wildman–Crippen LogP) is 2.04. The first-order valence-corrected chi connectivity index (χ1v) is 6.05. The van der Waals surface area contributed by atoms with Crippen LogP contribution in [0.15, 0.2) is 48.5 Å². The number of hydrogen-bond acceptors (Lipinski definition) is 3. The summed E-state index contributed by atoms with van der Waals surface area (Å²) in [5.74, 6) is -1.03. The van der Waals surface area contributed by atoms with Crippen LogP contribution in [-0.4, -0.2) is 23.2 Å². The SMILES string of the molecule is CON1C(=O)c2ccc(F)cc2C1(O)c1ccccc1. The number of amides is 1. The van der Waals surface area contributed by atoms with E-state index in [9.17, 15) is 14.3 Å². The summed E-state index contributed by atoms with van der Waals surface area (Å²) in [6.45, 7) is 0. The van der Waals surface area contributed by atoms with Crippen molar-refractivity contribution in [1.29, 1.82) is 0 Å². The van der Waals surface area contributed by atoms with E-state index in [1.165, 1.54) is 19.2 Å². The van der Waals surface area contributed by atoms with Crippen LogP contribution in [0.1, 0.15) is 21.5 Å². The van der Waals surface area contributed by atoms with Crippen molar-refractivity contribution in [1.82, 2.24) is 5.06 Å². The maximum absolute atomic E-state index is 13.5. The average Bonchev–Trinajstić information content (AvgIpc) is 2.69. The van der Waals surface area contributed by atoms with Crippen LogP contribution in [0.3, 0.4) is 0 Å². The van der Waals surface area contributed by atoms with Crippen LogP contribution >= 0.6 is 0 Å². The molecule has 0 spiro atoms. The highest BCUT2D eigenvalue weighted by atomic mass is 19.1. The molecule has 1 heterocycles. The summed E-state index contributed by atoms with van der Waals surface area (Å²) in [6.07, 6.45) is 0. The number of nitrogens with zero attached hydrogens (tertiary/aromatic N) is 1. The molecule has 4 nitrogen and oxygen atoms in total. The van der Waals surface area contributed by atoms with E-state index >= 15 is 0 Å². The summed E-state index contributed by atoms with van der Waals surface area (Å²) in [6, 6.07) is 12.2. The van der Waals surface area contributed by atoms with Gasteiger partial charge in [0.2, 0.25) is 5.72 Å². The molecule has 3 rings (SSSR count). The molecule has 0 saturated carbocycles. The van der Waals surface area contributed by atoms with Gasteiger partial charge in [0.05, 0.1) is 12.7 Å². The average molecular weight is 273 g/mol. The number of rotatable bonds is 2. The molecular formula is C15H12FNO3. The summed E-state index contributed by atoms with van der Waals surface area (Å²) in [5.41, 5.74) is -1.00. The largest absolute Gasteiger partial charge is 0.361 e. The predicted molar refractivity (Wildman–Crippen MR) is 69.0 cm³/mol. The van der Waals surface area contributed by atoms with Crippen molar-refractivity contribution in [3.05, 3.63) is 71.0 Å². The molecule has 102 valence electrons. The van der Waals surface area contributed by atoms with E-state index in [-0.39, 0.29) is 11.1 Å². The van der Waals surface area contributed by atoms with Gasteiger partial charge < -0.3 is 5.11 Å². The second-order valence-electron chi connectivity index (χ2n) is 4.51. The van der Waals surface area contributed by atoms with Gasteiger partial charge in [0.1, 0.15) is 5.82 Å². The Bertz CT molecular complexity index is 674. The molecule has 0 bridgehead atoms. The Morgan fingerprint density at radius 2 is 1.90 bits per heavy atom. The van der Waals surface area contributed by atoms with E-state index in [0.29, 0.717) is 5.56 Å². The van der Waals surface area contributed by atoms with Crippen molar-refractivity contribution < 1.29 is 19.1 Å². The molecule has 20 heavy (non-hydrogen) atoms. The molecular weight excluding hydrogens is 261 g/mol. The van der Waals surface area contributed by atoms with E-state index in [4.69, 9.17) is 4.84 Å². The molecule has 1 N–H and O–H groups in total. The third-order valence-corrected chi connectivity index (χ3v) is 3.42. The lowest BCUT2D eigenvalue weighted by molar-refractivity contribution is -0.223. The number of hydroxylamine groups is 2. The highest BCUT2D eigenvalue weighted by Gasteiger charge is 2.51. The number of carbonyl (C=O) groups is 1. The van der Waals surface area contributed by atoms with Crippen LogP contribution < -0.4 is 0 Å². The molecule has 1 aliphatic heterocycles. The van der Waals surface area contributed by atoms with Crippen LogP contribution in [0.4, 0.5) is 4.39 Å². The Morgan fingerprint density at radius 1 is 1.20 bits per heavy atom. The third kappa shape index (κ3) is 1.57. The maximum atomic E-state index is 13.5. The Kier molecular flexibility index (Phi) is 2.81. The van der Waals surface area contributed by atoms with Crippen LogP contribution in [0.5, 0.6) is 0 Å². The van der Waals surface area contributed by atoms with E-state index in [1.54, 1.807) is 30.3 Å². The Balaban J connectivity index is 2.29. The minimum Gasteiger partial charge on any atom is -0.361 e. The second kappa shape index (κ2) is 4.40. The molecule has 0 radical (unpaired) electrons. The van der Waals surface area contributed by atoms with Crippen molar-refractivity contribution in [3.63, 3.8) is 0 Å². The second-order valence-corrected chi connectivity index (χ2v) is 4.51. The van der Waals surface area contributed by atoms with Crippen molar-refractivity contribution in [3.8, 4) is 0 Å². The third-order valence-electron chi connectivity index (χ3n) is 3.42. The zero-order valence-electron chi connectivity index (χ0n) is 10.7. The molecule has 2 aromatic rings. The first-order valence-electron chi connectivity index (χ1n) is 6.05. The summed E-state index contributed by atoms with van der Waals surface area (Å²) in [4.78, 5) is 17.3. The molecule has 2 aromatic carbocycles. The van der Waals surface area contributed by atoms with Crippen molar-refractivity contribution in [2.45, 2.75) is 5.72 Å². The van der Waals surface area contributed by atoms with Gasteiger partial charge >= 0.3 is 0 Å². The topological polar surface area (TPSA) is 49.8 Å². The summed E-state index contributed by atoms with van der Waals surface area (Å²) in [7, 11) is 1.29. The zero-order valence-corrected chi connectivity index (χ0v) is 10.7. The van der Waals surface area contributed by atoms with Crippen LogP contribution in [-0.2, 0) is 10.6 Å². The van der Waals surface area contributed by atoms with Crippen LogP contribution in [0.25, 0.3) is 0 Å². The molecule has 1 aliphatic rings. The molecule has 1 atom stereocenters. The molecule has 1 unspecified atom stereocenters. The molecule has 0 fully saturated rings.